The second-order valence-corrected chi connectivity index (χ2v) is 18.2. The molecule has 4 rings (SSSR count). The highest BCUT2D eigenvalue weighted by molar-refractivity contribution is 9.09. The summed E-state index contributed by atoms with van der Waals surface area (Å²) >= 11 is 3.55. The van der Waals surface area contributed by atoms with Gasteiger partial charge in [-0.3, -0.25) is 0 Å². The Balaban J connectivity index is 1.81. The molecule has 0 aromatic heterocycles. The smallest absolute Gasteiger partial charge is 0.161 e. The third-order valence-corrected chi connectivity index (χ3v) is 12.5. The van der Waals surface area contributed by atoms with Gasteiger partial charge in [0.15, 0.2) is 34.5 Å². The highest BCUT2D eigenvalue weighted by atomic mass is 79.9. The average Bonchev–Trinajstić information content (AvgIpc) is 3.29. The van der Waals surface area contributed by atoms with Gasteiger partial charge < -0.3 is 28.4 Å². The van der Waals surface area contributed by atoms with E-state index in [0.29, 0.717) is 39.6 Å². The second kappa shape index (κ2) is 31.7. The highest BCUT2D eigenvalue weighted by Gasteiger charge is 2.21. The van der Waals surface area contributed by atoms with Crippen molar-refractivity contribution in [3.8, 4) is 34.5 Å². The van der Waals surface area contributed by atoms with Gasteiger partial charge in [-0.2, -0.15) is 0 Å². The molecule has 348 valence electrons. The largest absolute Gasteiger partial charge is 0.490 e. The third-order valence-electron chi connectivity index (χ3n) is 11.9. The van der Waals surface area contributed by atoms with Crippen LogP contribution in [0.4, 0.5) is 0 Å². The van der Waals surface area contributed by atoms with Crippen LogP contribution in [0.1, 0.15) is 195 Å². The first-order valence-electron chi connectivity index (χ1n) is 25.5. The minimum Gasteiger partial charge on any atom is -0.490 e. The molecule has 0 saturated heterocycles. The lowest BCUT2D eigenvalue weighted by molar-refractivity contribution is 0.259. The van der Waals surface area contributed by atoms with Crippen LogP contribution in [0.15, 0.2) is 36.4 Å². The number of benzene rings is 4. The van der Waals surface area contributed by atoms with Crippen molar-refractivity contribution in [1.29, 1.82) is 0 Å². The number of hydrogen-bond acceptors (Lipinski definition) is 6. The van der Waals surface area contributed by atoms with Crippen molar-refractivity contribution in [2.45, 2.75) is 195 Å². The summed E-state index contributed by atoms with van der Waals surface area (Å²) in [7, 11) is 0. The first-order valence-corrected chi connectivity index (χ1v) is 26.6. The van der Waals surface area contributed by atoms with Gasteiger partial charge in [0.1, 0.15) is 0 Å². The standard InChI is InChI=1S/C55H85BrO6/c1-6-11-25-32-57-50-38-44-45-39-51(58-33-26-12-7-2)53(60-35-28-14-9-4)41-47(45)49-43-55(62-37-30-23-21-19-17-16-18-20-22-24-31-56)54(61-36-29-15-10-5)42-48(49)46(44)40-52(50)59-34-27-13-8-3/h38-43H,6-37H2,1-5H3. The molecule has 0 radical (unpaired) electrons. The Bertz CT molecular complexity index is 1760. The van der Waals surface area contributed by atoms with E-state index in [4.69, 9.17) is 28.4 Å². The molecule has 4 aromatic rings. The summed E-state index contributed by atoms with van der Waals surface area (Å²) in [6.07, 6.45) is 29.3. The lowest BCUT2D eigenvalue weighted by Gasteiger charge is -2.21. The van der Waals surface area contributed by atoms with E-state index in [2.05, 4.69) is 86.9 Å². The van der Waals surface area contributed by atoms with Crippen LogP contribution in [-0.4, -0.2) is 45.0 Å². The first kappa shape index (κ1) is 51.6. The van der Waals surface area contributed by atoms with Crippen molar-refractivity contribution in [2.24, 2.45) is 0 Å². The Kier molecular flexibility index (Phi) is 26.4. The topological polar surface area (TPSA) is 55.4 Å². The van der Waals surface area contributed by atoms with E-state index in [1.807, 2.05) is 0 Å². The Labute approximate surface area is 386 Å². The van der Waals surface area contributed by atoms with Gasteiger partial charge in [0.25, 0.3) is 0 Å². The number of unbranched alkanes of at least 4 members (excludes halogenated alkanes) is 19. The zero-order chi connectivity index (χ0) is 44.0. The Hall–Kier alpha value is -3.06. The fourth-order valence-corrected chi connectivity index (χ4v) is 8.55. The van der Waals surface area contributed by atoms with Crippen molar-refractivity contribution in [3.05, 3.63) is 36.4 Å². The molecule has 0 heterocycles. The van der Waals surface area contributed by atoms with Crippen molar-refractivity contribution < 1.29 is 28.4 Å². The zero-order valence-electron chi connectivity index (χ0n) is 39.9. The fraction of sp³-hybridized carbons (Fsp3) is 0.673. The molecule has 0 amide bonds. The first-order chi connectivity index (χ1) is 30.6. The summed E-state index contributed by atoms with van der Waals surface area (Å²) in [5.41, 5.74) is 0. The number of alkyl halides is 1. The van der Waals surface area contributed by atoms with Crippen molar-refractivity contribution in [3.63, 3.8) is 0 Å². The van der Waals surface area contributed by atoms with Crippen molar-refractivity contribution in [2.75, 3.05) is 45.0 Å². The molecule has 7 heteroatoms. The lowest BCUT2D eigenvalue weighted by Crippen LogP contribution is -2.05. The second-order valence-electron chi connectivity index (χ2n) is 17.4. The van der Waals surface area contributed by atoms with E-state index >= 15 is 0 Å². The molecule has 0 fully saturated rings. The number of hydrogen-bond donors (Lipinski definition) is 0. The van der Waals surface area contributed by atoms with Gasteiger partial charge in [-0.05, 0) is 114 Å². The maximum Gasteiger partial charge on any atom is 0.161 e. The van der Waals surface area contributed by atoms with Gasteiger partial charge in [-0.25, -0.2) is 0 Å². The van der Waals surface area contributed by atoms with Crippen LogP contribution in [0.3, 0.4) is 0 Å². The molecule has 0 aliphatic rings. The molecule has 0 bridgehead atoms. The predicted octanol–water partition coefficient (Wildman–Crippen LogP) is 17.7. The SMILES string of the molecule is CCCCCOc1cc2c3cc(OCCCCC)c(OCCCCC)cc3c3cc(OCCCCCCCCCCCCBr)c(OCCCCC)cc3c2cc1OCCCCC. The molecule has 0 aliphatic carbocycles. The lowest BCUT2D eigenvalue weighted by atomic mass is 9.93. The van der Waals surface area contributed by atoms with E-state index in [-0.39, 0.29) is 0 Å². The van der Waals surface area contributed by atoms with Crippen molar-refractivity contribution in [1.82, 2.24) is 0 Å². The van der Waals surface area contributed by atoms with E-state index in [1.165, 1.54) is 57.8 Å². The highest BCUT2D eigenvalue weighted by Crippen LogP contribution is 2.47. The van der Waals surface area contributed by atoms with E-state index in [0.717, 1.165) is 175 Å². The van der Waals surface area contributed by atoms with Crippen LogP contribution in [0.5, 0.6) is 34.5 Å². The molecular formula is C55H85BrO6. The number of halogens is 1. The number of ether oxygens (including phenoxy) is 6. The minimum absolute atomic E-state index is 0.659. The monoisotopic (exact) mass is 921 g/mol. The van der Waals surface area contributed by atoms with Gasteiger partial charge in [0.05, 0.1) is 39.6 Å². The molecule has 0 unspecified atom stereocenters. The van der Waals surface area contributed by atoms with Crippen LogP contribution in [-0.2, 0) is 0 Å². The fourth-order valence-electron chi connectivity index (χ4n) is 8.16. The van der Waals surface area contributed by atoms with E-state index in [9.17, 15) is 0 Å². The normalized spacial score (nSPS) is 11.5. The van der Waals surface area contributed by atoms with E-state index in [1.54, 1.807) is 0 Å². The maximum absolute atomic E-state index is 6.72. The molecule has 0 saturated carbocycles. The van der Waals surface area contributed by atoms with Crippen molar-refractivity contribution >= 4 is 48.2 Å². The van der Waals surface area contributed by atoms with E-state index < -0.39 is 0 Å². The molecule has 62 heavy (non-hydrogen) atoms. The molecule has 4 aromatic carbocycles. The van der Waals surface area contributed by atoms with Gasteiger partial charge in [0.2, 0.25) is 0 Å². The Morgan fingerprint density at radius 3 is 0.629 bits per heavy atom. The van der Waals surface area contributed by atoms with Crippen LogP contribution in [0.25, 0.3) is 32.3 Å². The van der Waals surface area contributed by atoms with Gasteiger partial charge in [-0.1, -0.05) is 166 Å². The van der Waals surface area contributed by atoms with Crippen LogP contribution in [0.2, 0.25) is 0 Å². The Morgan fingerprint density at radius 1 is 0.258 bits per heavy atom. The number of fused-ring (bicyclic) bond motifs is 6. The summed E-state index contributed by atoms with van der Waals surface area (Å²) in [4.78, 5) is 0. The Morgan fingerprint density at radius 2 is 0.435 bits per heavy atom. The summed E-state index contributed by atoms with van der Waals surface area (Å²) in [5.74, 6) is 4.84. The van der Waals surface area contributed by atoms with Crippen LogP contribution in [0, 0.1) is 0 Å². The molecule has 6 nitrogen and oxygen atoms in total. The minimum atomic E-state index is 0.659. The molecule has 0 N–H and O–H groups in total. The molecule has 0 atom stereocenters. The summed E-state index contributed by atoms with van der Waals surface area (Å²) < 4.78 is 39.7. The van der Waals surface area contributed by atoms with Crippen LogP contribution >= 0.6 is 15.9 Å². The average molecular weight is 922 g/mol. The summed E-state index contributed by atoms with van der Waals surface area (Å²) in [6.45, 7) is 15.1. The van der Waals surface area contributed by atoms with Gasteiger partial charge in [0, 0.05) is 5.33 Å². The van der Waals surface area contributed by atoms with Gasteiger partial charge in [-0.15, -0.1) is 0 Å². The molecular weight excluding hydrogens is 837 g/mol. The van der Waals surface area contributed by atoms with Gasteiger partial charge >= 0.3 is 0 Å². The zero-order valence-corrected chi connectivity index (χ0v) is 41.5. The predicted molar refractivity (Wildman–Crippen MR) is 270 cm³/mol. The summed E-state index contributed by atoms with van der Waals surface area (Å²) in [5, 5.41) is 7.80. The quantitative estimate of drug-likeness (QED) is 0.0254. The molecule has 0 aliphatic heterocycles. The maximum atomic E-state index is 6.72. The number of rotatable bonds is 38. The molecule has 0 spiro atoms. The summed E-state index contributed by atoms with van der Waals surface area (Å²) in [6, 6.07) is 13.4. The van der Waals surface area contributed by atoms with Crippen LogP contribution < -0.4 is 28.4 Å². The third kappa shape index (κ3) is 17.5.